The second-order valence-electron chi connectivity index (χ2n) is 7.37. The molecule has 2 rings (SSSR count). The molecule has 1 aliphatic carbocycles. The molecular weight excluding hydrogens is 325 g/mol. The van der Waals surface area contributed by atoms with Gasteiger partial charge in [0.15, 0.2) is 17.3 Å². The number of aromatic nitrogens is 1. The van der Waals surface area contributed by atoms with Gasteiger partial charge < -0.3 is 14.4 Å². The van der Waals surface area contributed by atoms with Crippen LogP contribution in [-0.4, -0.2) is 22.2 Å². The number of nitrogens with zero attached hydrogens (tertiary/aromatic N) is 1. The summed E-state index contributed by atoms with van der Waals surface area (Å²) in [6.07, 6.45) is 3.20. The minimum atomic E-state index is -1.14. The Labute approximate surface area is 146 Å². The number of carbonyl (C=O) groups is 1. The first-order valence-corrected chi connectivity index (χ1v) is 8.37. The normalized spacial score (nSPS) is 11.7. The van der Waals surface area contributed by atoms with Crippen LogP contribution in [0.5, 0.6) is 5.75 Å². The zero-order valence-electron chi connectivity index (χ0n) is 15.1. The predicted octanol–water partition coefficient (Wildman–Crippen LogP) is 4.02. The number of fused-ring (bicyclic) bond motifs is 1. The van der Waals surface area contributed by atoms with Gasteiger partial charge in [-0.25, -0.2) is 9.18 Å². The van der Waals surface area contributed by atoms with Crippen molar-refractivity contribution < 1.29 is 19.0 Å². The maximum absolute atomic E-state index is 13.7. The highest BCUT2D eigenvalue weighted by Crippen LogP contribution is 2.36. The van der Waals surface area contributed by atoms with Gasteiger partial charge in [-0.3, -0.25) is 4.79 Å². The van der Waals surface area contributed by atoms with Crippen molar-refractivity contribution in [1.29, 1.82) is 0 Å². The van der Waals surface area contributed by atoms with Crippen LogP contribution in [-0.2, 0) is 6.54 Å². The van der Waals surface area contributed by atoms with Gasteiger partial charge in [0.1, 0.15) is 0 Å². The van der Waals surface area contributed by atoms with E-state index in [0.29, 0.717) is 24.3 Å². The lowest BCUT2D eigenvalue weighted by Crippen LogP contribution is -2.23. The first-order chi connectivity index (χ1) is 11.6. The van der Waals surface area contributed by atoms with Crippen LogP contribution in [0.2, 0.25) is 0 Å². The van der Waals surface area contributed by atoms with Crippen molar-refractivity contribution in [3.63, 3.8) is 0 Å². The highest BCUT2D eigenvalue weighted by atomic mass is 19.1. The van der Waals surface area contributed by atoms with Gasteiger partial charge in [-0.2, -0.15) is 0 Å². The number of carboxylic acids is 1. The Bertz CT molecular complexity index is 804. The molecule has 1 N–H and O–H groups in total. The monoisotopic (exact) mass is 349 g/mol. The number of carboxylic acid groups (broad SMARTS) is 1. The van der Waals surface area contributed by atoms with Crippen LogP contribution < -0.4 is 10.2 Å². The van der Waals surface area contributed by atoms with E-state index in [0.717, 1.165) is 25.0 Å². The third-order valence-corrected chi connectivity index (χ3v) is 3.74. The van der Waals surface area contributed by atoms with Gasteiger partial charge in [0, 0.05) is 29.9 Å². The van der Waals surface area contributed by atoms with Crippen LogP contribution in [0.4, 0.5) is 4.39 Å². The number of benzene rings is 1. The van der Waals surface area contributed by atoms with E-state index < -0.39 is 17.2 Å². The Hall–Kier alpha value is -2.37. The maximum atomic E-state index is 13.7. The summed E-state index contributed by atoms with van der Waals surface area (Å²) in [5.41, 5.74) is -0.231. The molecule has 0 unspecified atom stereocenters. The molecule has 136 valence electrons. The average Bonchev–Trinajstić information content (AvgIpc) is 2.47. The van der Waals surface area contributed by atoms with E-state index in [4.69, 9.17) is 4.74 Å². The Kier molecular flexibility index (Phi) is 5.50. The molecule has 2 aliphatic rings. The molecule has 0 amide bonds. The standard InChI is InChI=1S/C19H24FNO4/c1-5-6-7-25-17-13-9-15(22)14(20)8-12(13)10-21(11-19(2,3)4)16(17)18(23)24/h8-10H,5-7,11H2,1-4H3,(H,23,24). The van der Waals surface area contributed by atoms with Gasteiger partial charge in [-0.1, -0.05) is 34.1 Å². The van der Waals surface area contributed by atoms with Crippen molar-refractivity contribution in [3.05, 3.63) is 40.1 Å². The number of ether oxygens (including phenoxy) is 1. The van der Waals surface area contributed by atoms with Crippen LogP contribution in [0.25, 0.3) is 11.1 Å². The lowest BCUT2D eigenvalue weighted by molar-refractivity contribution is 0.0675. The summed E-state index contributed by atoms with van der Waals surface area (Å²) in [5.74, 6) is -1.88. The van der Waals surface area contributed by atoms with E-state index in [1.165, 1.54) is 0 Å². The first-order valence-electron chi connectivity index (χ1n) is 8.37. The van der Waals surface area contributed by atoms with Gasteiger partial charge >= 0.3 is 5.97 Å². The van der Waals surface area contributed by atoms with Crippen molar-refractivity contribution in [3.8, 4) is 16.9 Å². The molecule has 0 bridgehead atoms. The molecule has 0 aromatic rings. The molecule has 0 spiro atoms. The summed E-state index contributed by atoms with van der Waals surface area (Å²) in [6.45, 7) is 8.68. The molecule has 0 fully saturated rings. The lowest BCUT2D eigenvalue weighted by atomic mass is 9.95. The molecule has 0 radical (unpaired) electrons. The van der Waals surface area contributed by atoms with Crippen molar-refractivity contribution in [2.24, 2.45) is 5.41 Å². The smallest absolute Gasteiger partial charge is 0.356 e. The van der Waals surface area contributed by atoms with E-state index in [2.05, 4.69) is 0 Å². The van der Waals surface area contributed by atoms with E-state index in [-0.39, 0.29) is 16.9 Å². The summed E-state index contributed by atoms with van der Waals surface area (Å²) in [7, 11) is 0. The Morgan fingerprint density at radius 1 is 1.32 bits per heavy atom. The van der Waals surface area contributed by atoms with Crippen molar-refractivity contribution in [2.75, 3.05) is 6.61 Å². The SMILES string of the molecule is CCCCOc1c2cc(=O)c(F)cc-2cn(CC(C)(C)C)c1C(=O)O. The molecular formula is C19H24FNO4. The quantitative estimate of drug-likeness (QED) is 0.800. The largest absolute Gasteiger partial charge is 0.490 e. The minimum Gasteiger partial charge on any atom is -0.490 e. The van der Waals surface area contributed by atoms with Gasteiger partial charge in [0.25, 0.3) is 0 Å². The van der Waals surface area contributed by atoms with Crippen LogP contribution in [0.15, 0.2) is 23.1 Å². The van der Waals surface area contributed by atoms with Crippen molar-refractivity contribution in [1.82, 2.24) is 4.57 Å². The molecule has 5 nitrogen and oxygen atoms in total. The lowest BCUT2D eigenvalue weighted by Gasteiger charge is -2.26. The molecule has 0 saturated carbocycles. The maximum Gasteiger partial charge on any atom is 0.356 e. The summed E-state index contributed by atoms with van der Waals surface area (Å²) < 4.78 is 21.0. The molecule has 6 heteroatoms. The summed E-state index contributed by atoms with van der Waals surface area (Å²) in [5, 5.41) is 9.73. The fourth-order valence-corrected chi connectivity index (χ4v) is 2.68. The van der Waals surface area contributed by atoms with E-state index >= 15 is 0 Å². The van der Waals surface area contributed by atoms with Gasteiger partial charge in [0.05, 0.1) is 6.61 Å². The third-order valence-electron chi connectivity index (χ3n) is 3.74. The number of pyridine rings is 1. The Morgan fingerprint density at radius 2 is 2.00 bits per heavy atom. The van der Waals surface area contributed by atoms with E-state index in [1.807, 2.05) is 27.7 Å². The molecule has 0 aromatic carbocycles. The highest BCUT2D eigenvalue weighted by Gasteiger charge is 2.26. The third kappa shape index (κ3) is 4.38. The van der Waals surface area contributed by atoms with E-state index in [9.17, 15) is 19.1 Å². The number of hydrogen-bond acceptors (Lipinski definition) is 3. The van der Waals surface area contributed by atoms with Crippen LogP contribution in [0.3, 0.4) is 0 Å². The molecule has 0 saturated heterocycles. The van der Waals surface area contributed by atoms with E-state index in [1.54, 1.807) is 10.8 Å². The number of aromatic carboxylic acids is 1. The summed E-state index contributed by atoms with van der Waals surface area (Å²) in [6, 6.07) is 2.24. The molecule has 25 heavy (non-hydrogen) atoms. The number of rotatable bonds is 6. The minimum absolute atomic E-state index is 0.0236. The topological polar surface area (TPSA) is 68.5 Å². The number of unbranched alkanes of at least 4 members (excludes halogenated alkanes) is 1. The van der Waals surface area contributed by atoms with Gasteiger partial charge in [-0.15, -0.1) is 0 Å². The van der Waals surface area contributed by atoms with Gasteiger partial charge in [0.2, 0.25) is 5.43 Å². The predicted molar refractivity (Wildman–Crippen MR) is 94.1 cm³/mol. The molecule has 0 aromatic heterocycles. The summed E-state index contributed by atoms with van der Waals surface area (Å²) in [4.78, 5) is 23.6. The van der Waals surface area contributed by atoms with Crippen molar-refractivity contribution >= 4 is 5.97 Å². The number of hydrogen-bond donors (Lipinski definition) is 1. The zero-order valence-corrected chi connectivity index (χ0v) is 15.1. The fraction of sp³-hybridized carbons (Fsp3) is 0.474. The van der Waals surface area contributed by atoms with Gasteiger partial charge in [-0.05, 0) is 17.9 Å². The zero-order chi connectivity index (χ0) is 18.8. The summed E-state index contributed by atoms with van der Waals surface area (Å²) >= 11 is 0. The average molecular weight is 349 g/mol. The van der Waals surface area contributed by atoms with Crippen LogP contribution >= 0.6 is 0 Å². The first kappa shape index (κ1) is 19.0. The molecule has 1 heterocycles. The van der Waals surface area contributed by atoms with Crippen LogP contribution in [0.1, 0.15) is 51.0 Å². The molecule has 1 aliphatic heterocycles. The Balaban J connectivity index is 2.76. The fourth-order valence-electron chi connectivity index (χ4n) is 2.68. The van der Waals surface area contributed by atoms with Crippen molar-refractivity contribution in [2.45, 2.75) is 47.1 Å². The number of halogens is 1. The Morgan fingerprint density at radius 3 is 2.56 bits per heavy atom. The second kappa shape index (κ2) is 7.25. The second-order valence-corrected chi connectivity index (χ2v) is 7.37. The highest BCUT2D eigenvalue weighted by molar-refractivity contribution is 5.93. The molecule has 0 atom stereocenters. The van der Waals surface area contributed by atoms with Crippen LogP contribution in [0, 0.1) is 11.2 Å².